The average molecular weight is 513 g/mol. The van der Waals surface area contributed by atoms with Crippen molar-refractivity contribution in [2.75, 3.05) is 24.6 Å². The quantitative estimate of drug-likeness (QED) is 0.370. The summed E-state index contributed by atoms with van der Waals surface area (Å²) in [5, 5.41) is 11.2. The number of aromatic nitrogens is 3. The highest BCUT2D eigenvalue weighted by atomic mass is 35.5. The molecule has 0 saturated carbocycles. The van der Waals surface area contributed by atoms with E-state index in [4.69, 9.17) is 26.6 Å². The first-order chi connectivity index (χ1) is 17.3. The molecule has 0 fully saturated rings. The third-order valence-corrected chi connectivity index (χ3v) is 6.33. The van der Waals surface area contributed by atoms with Gasteiger partial charge in [0, 0.05) is 19.8 Å². The van der Waals surface area contributed by atoms with Crippen LogP contribution in [0.2, 0.25) is 5.02 Å². The summed E-state index contributed by atoms with van der Waals surface area (Å²) in [5.41, 5.74) is 8.32. The van der Waals surface area contributed by atoms with Crippen LogP contribution >= 0.6 is 11.6 Å². The van der Waals surface area contributed by atoms with E-state index in [9.17, 15) is 14.0 Å². The van der Waals surface area contributed by atoms with E-state index in [0.717, 1.165) is 10.9 Å². The van der Waals surface area contributed by atoms with Crippen molar-refractivity contribution < 1.29 is 23.2 Å². The van der Waals surface area contributed by atoms with Crippen molar-refractivity contribution in [3.8, 4) is 0 Å². The van der Waals surface area contributed by atoms with Gasteiger partial charge in [-0.3, -0.25) is 14.8 Å². The number of nitrogens with one attached hydrogen (secondary N) is 1. The molecular weight excluding hydrogens is 491 g/mol. The Balaban J connectivity index is 1.19. The lowest BCUT2D eigenvalue weighted by atomic mass is 10.0. The summed E-state index contributed by atoms with van der Waals surface area (Å²) in [6.45, 7) is 0.804. The van der Waals surface area contributed by atoms with Crippen molar-refractivity contribution in [1.29, 1.82) is 0 Å². The lowest BCUT2D eigenvalue weighted by Crippen LogP contribution is -2.29. The highest BCUT2D eigenvalue weighted by Crippen LogP contribution is 2.38. The van der Waals surface area contributed by atoms with Crippen LogP contribution in [0.3, 0.4) is 0 Å². The molecule has 0 spiro atoms. The fourth-order valence-corrected chi connectivity index (χ4v) is 4.37. The molecule has 2 amide bonds. The van der Waals surface area contributed by atoms with Crippen molar-refractivity contribution >= 4 is 46.1 Å². The molecule has 4 aromatic rings. The Bertz CT molecular complexity index is 1470. The summed E-state index contributed by atoms with van der Waals surface area (Å²) in [5.74, 6) is -0.517. The number of rotatable bonds is 7. The Hall–Kier alpha value is -4.12. The van der Waals surface area contributed by atoms with Gasteiger partial charge < -0.3 is 19.9 Å². The lowest BCUT2D eigenvalue weighted by molar-refractivity contribution is 0.0759. The number of nitrogens with zero attached hydrogens (tertiary/aromatic N) is 4. The van der Waals surface area contributed by atoms with Gasteiger partial charge in [0.05, 0.1) is 40.0 Å². The zero-order chi connectivity index (χ0) is 25.4. The molecule has 2 aromatic carbocycles. The largest absolute Gasteiger partial charge is 0.441 e. The van der Waals surface area contributed by atoms with Crippen LogP contribution in [0.25, 0.3) is 11.0 Å². The number of carbonyl (C=O) groups is 2. The third-order valence-electron chi connectivity index (χ3n) is 6.03. The van der Waals surface area contributed by atoms with Crippen LogP contribution in [0.15, 0.2) is 47.2 Å². The van der Waals surface area contributed by atoms with Crippen LogP contribution in [0.4, 0.5) is 20.7 Å². The first kappa shape index (κ1) is 23.6. The van der Waals surface area contributed by atoms with Crippen LogP contribution in [0, 0.1) is 5.82 Å². The molecule has 0 aliphatic carbocycles. The second-order valence-electron chi connectivity index (χ2n) is 8.54. The van der Waals surface area contributed by atoms with Gasteiger partial charge in [0.25, 0.3) is 5.91 Å². The molecule has 12 heteroatoms. The molecule has 3 N–H and O–H groups in total. The molecule has 0 saturated heterocycles. The standard InChI is InChI=1S/C24H22ClFN6O4/c1-31(8-2-3-19-20-17(29-24(34)35-19)6-5-16(25)21(20)26)23(33)14-10-28-32(12-14)11-13-4-7-18-15(9-13)22(27)30-36-18/h4-7,9-10,12,19H,2-3,8,11H2,1H3,(H2,27,30)(H,29,34). The molecule has 1 aliphatic heterocycles. The van der Waals surface area contributed by atoms with E-state index in [1.807, 2.05) is 12.1 Å². The van der Waals surface area contributed by atoms with E-state index in [2.05, 4.69) is 15.6 Å². The molecule has 1 aliphatic rings. The zero-order valence-corrected chi connectivity index (χ0v) is 20.0. The molecule has 5 rings (SSSR count). The molecule has 10 nitrogen and oxygen atoms in total. The number of nitrogens with two attached hydrogens (primary N) is 1. The number of carbonyl (C=O) groups excluding carboxylic acids is 2. The summed E-state index contributed by atoms with van der Waals surface area (Å²) in [6, 6.07) is 8.46. The Kier molecular flexibility index (Phi) is 6.23. The number of halogens is 2. The smallest absolute Gasteiger partial charge is 0.412 e. The van der Waals surface area contributed by atoms with Crippen LogP contribution in [-0.2, 0) is 11.3 Å². The highest BCUT2D eigenvalue weighted by Gasteiger charge is 2.30. The molecular formula is C24H22ClFN6O4. The number of fused-ring (bicyclic) bond motifs is 2. The van der Waals surface area contributed by atoms with E-state index in [1.165, 1.54) is 12.3 Å². The molecule has 3 heterocycles. The molecule has 2 aromatic heterocycles. The Morgan fingerprint density at radius 3 is 3.00 bits per heavy atom. The Morgan fingerprint density at radius 2 is 2.17 bits per heavy atom. The maximum atomic E-state index is 14.6. The first-order valence-corrected chi connectivity index (χ1v) is 11.5. The number of amides is 2. The number of benzene rings is 2. The summed E-state index contributed by atoms with van der Waals surface area (Å²) in [4.78, 5) is 26.3. The first-order valence-electron chi connectivity index (χ1n) is 11.2. The minimum absolute atomic E-state index is 0.0485. The van der Waals surface area contributed by atoms with E-state index in [0.29, 0.717) is 48.6 Å². The van der Waals surface area contributed by atoms with Crippen LogP contribution in [0.1, 0.15) is 40.4 Å². The third kappa shape index (κ3) is 4.57. The van der Waals surface area contributed by atoms with E-state index in [-0.39, 0.29) is 16.5 Å². The molecule has 1 unspecified atom stereocenters. The van der Waals surface area contributed by atoms with E-state index >= 15 is 0 Å². The minimum atomic E-state index is -0.796. The molecule has 0 radical (unpaired) electrons. The normalized spacial score (nSPS) is 14.9. The summed E-state index contributed by atoms with van der Waals surface area (Å²) < 4.78 is 26.6. The molecule has 36 heavy (non-hydrogen) atoms. The molecule has 0 bridgehead atoms. The van der Waals surface area contributed by atoms with Gasteiger partial charge in [0.2, 0.25) is 0 Å². The molecule has 186 valence electrons. The number of ether oxygens (including phenoxy) is 1. The van der Waals surface area contributed by atoms with Gasteiger partial charge in [-0.2, -0.15) is 5.10 Å². The summed E-state index contributed by atoms with van der Waals surface area (Å²) in [6.07, 6.45) is 2.52. The minimum Gasteiger partial charge on any atom is -0.441 e. The van der Waals surface area contributed by atoms with Gasteiger partial charge in [0.15, 0.2) is 17.2 Å². The van der Waals surface area contributed by atoms with Gasteiger partial charge in [-0.15, -0.1) is 0 Å². The summed E-state index contributed by atoms with van der Waals surface area (Å²) >= 11 is 5.90. The van der Waals surface area contributed by atoms with Gasteiger partial charge in [0.1, 0.15) is 6.10 Å². The number of cyclic esters (lactones) is 1. The SMILES string of the molecule is CN(CCCC1OC(=O)Nc2ccc(Cl)c(F)c21)C(=O)c1cnn(Cc2ccc3onc(N)c3c2)c1. The van der Waals surface area contributed by atoms with E-state index in [1.54, 1.807) is 35.0 Å². The van der Waals surface area contributed by atoms with Crippen LogP contribution in [0.5, 0.6) is 0 Å². The predicted molar refractivity (Wildman–Crippen MR) is 130 cm³/mol. The van der Waals surface area contributed by atoms with Gasteiger partial charge in [-0.25, -0.2) is 9.18 Å². The van der Waals surface area contributed by atoms with Crippen LogP contribution < -0.4 is 11.1 Å². The maximum absolute atomic E-state index is 14.6. The van der Waals surface area contributed by atoms with Crippen molar-refractivity contribution in [3.05, 3.63) is 70.3 Å². The monoisotopic (exact) mass is 512 g/mol. The van der Waals surface area contributed by atoms with E-state index < -0.39 is 18.0 Å². The maximum Gasteiger partial charge on any atom is 0.412 e. The van der Waals surface area contributed by atoms with Crippen molar-refractivity contribution in [1.82, 2.24) is 19.8 Å². The molecule has 1 atom stereocenters. The second kappa shape index (κ2) is 9.50. The number of hydrogen-bond acceptors (Lipinski definition) is 7. The average Bonchev–Trinajstić information content (AvgIpc) is 3.47. The fraction of sp³-hybridized carbons (Fsp3) is 0.250. The predicted octanol–water partition coefficient (Wildman–Crippen LogP) is 4.60. The van der Waals surface area contributed by atoms with Crippen LogP contribution in [-0.4, -0.2) is 45.4 Å². The lowest BCUT2D eigenvalue weighted by Gasteiger charge is -2.27. The summed E-state index contributed by atoms with van der Waals surface area (Å²) in [7, 11) is 1.67. The Labute approximate surface area is 209 Å². The van der Waals surface area contributed by atoms with Crippen molar-refractivity contribution in [2.24, 2.45) is 0 Å². The number of nitrogen functional groups attached to an aromatic ring is 1. The highest BCUT2D eigenvalue weighted by molar-refractivity contribution is 6.31. The van der Waals surface area contributed by atoms with Gasteiger partial charge in [-0.1, -0.05) is 22.8 Å². The number of hydrogen-bond donors (Lipinski definition) is 2. The zero-order valence-electron chi connectivity index (χ0n) is 19.2. The second-order valence-corrected chi connectivity index (χ2v) is 8.94. The fourth-order valence-electron chi connectivity index (χ4n) is 4.21. The van der Waals surface area contributed by atoms with Gasteiger partial charge >= 0.3 is 6.09 Å². The van der Waals surface area contributed by atoms with Crippen molar-refractivity contribution in [2.45, 2.75) is 25.5 Å². The van der Waals surface area contributed by atoms with Gasteiger partial charge in [-0.05, 0) is 42.7 Å². The number of anilines is 2. The Morgan fingerprint density at radius 1 is 1.33 bits per heavy atom. The van der Waals surface area contributed by atoms with Crippen molar-refractivity contribution in [3.63, 3.8) is 0 Å². The topological polar surface area (TPSA) is 129 Å².